The maximum Gasteiger partial charge on any atom is 0.274 e. The average Bonchev–Trinajstić information content (AvgIpc) is 3.38. The Kier molecular flexibility index (Phi) is 5.62. The molecule has 0 unspecified atom stereocenters. The number of carbonyl (C=O) groups excluding carboxylic acids is 2. The van der Waals surface area contributed by atoms with Crippen molar-refractivity contribution < 1.29 is 14.3 Å². The Bertz CT molecular complexity index is 872. The van der Waals surface area contributed by atoms with E-state index in [2.05, 4.69) is 20.5 Å². The molecule has 2 N–H and O–H groups in total. The molecule has 8 heteroatoms. The van der Waals surface area contributed by atoms with Crippen LogP contribution in [-0.2, 0) is 28.8 Å². The molecule has 1 saturated heterocycles. The van der Waals surface area contributed by atoms with Crippen LogP contribution in [0.5, 0.6) is 0 Å². The molecule has 4 rings (SSSR count). The fourth-order valence-corrected chi connectivity index (χ4v) is 4.27. The monoisotopic (exact) mass is 397 g/mol. The summed E-state index contributed by atoms with van der Waals surface area (Å²) in [6.07, 6.45) is 8.11. The van der Waals surface area contributed by atoms with E-state index in [9.17, 15) is 9.59 Å². The van der Waals surface area contributed by atoms with Crippen LogP contribution in [0.3, 0.4) is 0 Å². The number of pyridine rings is 1. The topological polar surface area (TPSA) is 100 Å². The average molecular weight is 397 g/mol. The third-order valence-electron chi connectivity index (χ3n) is 6.12. The van der Waals surface area contributed by atoms with Crippen LogP contribution in [0.4, 0.5) is 0 Å². The Morgan fingerprint density at radius 3 is 2.72 bits per heavy atom. The van der Waals surface area contributed by atoms with Crippen LogP contribution >= 0.6 is 0 Å². The predicted octanol–water partition coefficient (Wildman–Crippen LogP) is 1.27. The summed E-state index contributed by atoms with van der Waals surface area (Å²) in [5.41, 5.74) is 2.93. The Labute approximate surface area is 170 Å². The van der Waals surface area contributed by atoms with Gasteiger partial charge in [-0.25, -0.2) is 0 Å². The maximum atomic E-state index is 12.9. The molecule has 2 aromatic heterocycles. The minimum atomic E-state index is -0.886. The van der Waals surface area contributed by atoms with Crippen LogP contribution < -0.4 is 5.32 Å². The number of ether oxygens (including phenoxy) is 1. The van der Waals surface area contributed by atoms with E-state index < -0.39 is 5.60 Å². The molecular weight excluding hydrogens is 370 g/mol. The van der Waals surface area contributed by atoms with E-state index >= 15 is 0 Å². The van der Waals surface area contributed by atoms with E-state index in [1.54, 1.807) is 24.4 Å². The van der Waals surface area contributed by atoms with Gasteiger partial charge in [-0.1, -0.05) is 0 Å². The predicted molar refractivity (Wildman–Crippen MR) is 106 cm³/mol. The van der Waals surface area contributed by atoms with Crippen molar-refractivity contribution >= 4 is 11.8 Å². The van der Waals surface area contributed by atoms with E-state index in [0.717, 1.165) is 42.5 Å². The summed E-state index contributed by atoms with van der Waals surface area (Å²) in [5, 5.41) is 10.2. The highest BCUT2D eigenvalue weighted by molar-refractivity contribution is 5.94. The number of aromatic nitrogens is 3. The molecule has 0 spiro atoms. The normalized spacial score (nSPS) is 17.8. The molecule has 29 heavy (non-hydrogen) atoms. The van der Waals surface area contributed by atoms with Gasteiger partial charge < -0.3 is 15.0 Å². The van der Waals surface area contributed by atoms with E-state index in [0.29, 0.717) is 38.2 Å². The highest BCUT2D eigenvalue weighted by Crippen LogP contribution is 2.29. The molecule has 2 aliphatic rings. The second-order valence-electron chi connectivity index (χ2n) is 7.73. The first-order chi connectivity index (χ1) is 14.1. The standard InChI is InChI=1S/C21H27N5O3/c1-29-21(20(28)23-12-7-15-5-10-22-11-6-15)8-13-26(14-9-21)19(27)18-16-3-2-4-17(16)24-25-18/h5-6,10-11H,2-4,7-9,12-14H2,1H3,(H,23,28)(H,24,25). The molecule has 0 atom stereocenters. The van der Waals surface area contributed by atoms with Crippen molar-refractivity contribution in [2.75, 3.05) is 26.7 Å². The second kappa shape index (κ2) is 8.32. The number of fused-ring (bicyclic) bond motifs is 1. The smallest absolute Gasteiger partial charge is 0.274 e. The molecule has 1 fully saturated rings. The minimum Gasteiger partial charge on any atom is -0.368 e. The lowest BCUT2D eigenvalue weighted by Gasteiger charge is -2.39. The minimum absolute atomic E-state index is 0.0489. The van der Waals surface area contributed by atoms with Gasteiger partial charge in [-0.15, -0.1) is 0 Å². The van der Waals surface area contributed by atoms with Gasteiger partial charge in [0.05, 0.1) is 0 Å². The Morgan fingerprint density at radius 2 is 2.00 bits per heavy atom. The molecule has 0 aromatic carbocycles. The van der Waals surface area contributed by atoms with Crippen LogP contribution in [0, 0.1) is 0 Å². The largest absolute Gasteiger partial charge is 0.368 e. The fourth-order valence-electron chi connectivity index (χ4n) is 4.27. The number of nitrogens with zero attached hydrogens (tertiary/aromatic N) is 3. The second-order valence-corrected chi connectivity index (χ2v) is 7.73. The lowest BCUT2D eigenvalue weighted by molar-refractivity contribution is -0.148. The molecule has 8 nitrogen and oxygen atoms in total. The first kappa shape index (κ1) is 19.6. The van der Waals surface area contributed by atoms with E-state index in [-0.39, 0.29) is 11.8 Å². The first-order valence-corrected chi connectivity index (χ1v) is 10.2. The SMILES string of the molecule is COC1(C(=O)NCCc2ccncc2)CCN(C(=O)c2n[nH]c3c2CCC3)CC1. The molecule has 0 radical (unpaired) electrons. The van der Waals surface area contributed by atoms with Gasteiger partial charge >= 0.3 is 0 Å². The third-order valence-corrected chi connectivity index (χ3v) is 6.12. The zero-order chi connectivity index (χ0) is 20.3. The zero-order valence-electron chi connectivity index (χ0n) is 16.7. The van der Waals surface area contributed by atoms with Gasteiger partial charge in [0.2, 0.25) is 0 Å². The summed E-state index contributed by atoms with van der Waals surface area (Å²) >= 11 is 0. The number of hydrogen-bond donors (Lipinski definition) is 2. The van der Waals surface area contributed by atoms with Crippen molar-refractivity contribution in [1.82, 2.24) is 25.4 Å². The Hall–Kier alpha value is -2.74. The van der Waals surface area contributed by atoms with Gasteiger partial charge in [0, 0.05) is 63.2 Å². The van der Waals surface area contributed by atoms with Crippen LogP contribution in [0.25, 0.3) is 0 Å². The van der Waals surface area contributed by atoms with Crippen LogP contribution in [-0.4, -0.2) is 64.2 Å². The number of methoxy groups -OCH3 is 1. The molecule has 2 amide bonds. The number of carbonyl (C=O) groups is 2. The van der Waals surface area contributed by atoms with Crippen molar-refractivity contribution in [3.8, 4) is 0 Å². The van der Waals surface area contributed by atoms with Crippen molar-refractivity contribution in [3.05, 3.63) is 47.0 Å². The summed E-state index contributed by atoms with van der Waals surface area (Å²) in [6.45, 7) is 1.49. The number of H-pyrrole nitrogens is 1. The molecule has 1 aliphatic heterocycles. The van der Waals surface area contributed by atoms with Gasteiger partial charge in [-0.2, -0.15) is 5.10 Å². The summed E-state index contributed by atoms with van der Waals surface area (Å²) < 4.78 is 5.65. The highest BCUT2D eigenvalue weighted by atomic mass is 16.5. The summed E-state index contributed by atoms with van der Waals surface area (Å²) in [4.78, 5) is 31.5. The number of likely N-dealkylation sites (tertiary alicyclic amines) is 1. The van der Waals surface area contributed by atoms with Gasteiger partial charge in [-0.05, 0) is 43.4 Å². The molecule has 154 valence electrons. The van der Waals surface area contributed by atoms with Crippen LogP contribution in [0.2, 0.25) is 0 Å². The van der Waals surface area contributed by atoms with E-state index in [1.165, 1.54) is 0 Å². The summed E-state index contributed by atoms with van der Waals surface area (Å²) in [5.74, 6) is -0.158. The van der Waals surface area contributed by atoms with Gasteiger partial charge in [0.1, 0.15) is 5.60 Å². The Morgan fingerprint density at radius 1 is 1.24 bits per heavy atom. The highest BCUT2D eigenvalue weighted by Gasteiger charge is 2.43. The number of nitrogens with one attached hydrogen (secondary N) is 2. The lowest BCUT2D eigenvalue weighted by atomic mass is 9.89. The van der Waals surface area contributed by atoms with E-state index in [4.69, 9.17) is 4.74 Å². The number of rotatable bonds is 6. The van der Waals surface area contributed by atoms with Crippen LogP contribution in [0.15, 0.2) is 24.5 Å². The molecule has 3 heterocycles. The zero-order valence-corrected chi connectivity index (χ0v) is 16.7. The number of hydrogen-bond acceptors (Lipinski definition) is 5. The maximum absolute atomic E-state index is 12.9. The Balaban J connectivity index is 1.33. The third kappa shape index (κ3) is 3.89. The number of aromatic amines is 1. The van der Waals surface area contributed by atoms with Crippen molar-refractivity contribution in [2.24, 2.45) is 0 Å². The van der Waals surface area contributed by atoms with Gasteiger partial charge in [0.15, 0.2) is 5.69 Å². The number of piperidine rings is 1. The fraction of sp³-hybridized carbons (Fsp3) is 0.524. The summed E-state index contributed by atoms with van der Waals surface area (Å²) in [6, 6.07) is 3.88. The van der Waals surface area contributed by atoms with E-state index in [1.807, 2.05) is 12.1 Å². The van der Waals surface area contributed by atoms with Crippen molar-refractivity contribution in [2.45, 2.75) is 44.1 Å². The first-order valence-electron chi connectivity index (χ1n) is 10.2. The molecule has 0 bridgehead atoms. The van der Waals surface area contributed by atoms with Crippen molar-refractivity contribution in [3.63, 3.8) is 0 Å². The summed E-state index contributed by atoms with van der Waals surface area (Å²) in [7, 11) is 1.57. The van der Waals surface area contributed by atoms with Gasteiger partial charge in [-0.3, -0.25) is 19.7 Å². The molecule has 2 aromatic rings. The lowest BCUT2D eigenvalue weighted by Crippen LogP contribution is -2.56. The van der Waals surface area contributed by atoms with Crippen LogP contribution in [0.1, 0.15) is 46.6 Å². The van der Waals surface area contributed by atoms with Crippen molar-refractivity contribution in [1.29, 1.82) is 0 Å². The molecular formula is C21H27N5O3. The number of aryl methyl sites for hydroxylation is 1. The number of amides is 2. The quantitative estimate of drug-likeness (QED) is 0.765. The van der Waals surface area contributed by atoms with Gasteiger partial charge in [0.25, 0.3) is 11.8 Å². The molecule has 1 aliphatic carbocycles. The molecule has 0 saturated carbocycles.